The molecule has 2 amide bonds. The molecule has 1 fully saturated rings. The fourth-order valence-electron chi connectivity index (χ4n) is 3.11. The largest absolute Gasteiger partial charge is 0.342 e. The number of aryl methyl sites for hydroxylation is 2. The molecule has 1 aliphatic rings. The molecule has 0 radical (unpaired) electrons. The van der Waals surface area contributed by atoms with Crippen LogP contribution in [0.3, 0.4) is 0 Å². The zero-order valence-electron chi connectivity index (χ0n) is 15.3. The maximum atomic E-state index is 12.7. The number of hydrogen-bond acceptors (Lipinski definition) is 4. The van der Waals surface area contributed by atoms with E-state index in [0.717, 1.165) is 37.5 Å². The average molecular weight is 352 g/mol. The maximum absolute atomic E-state index is 12.7. The second-order valence-electron chi connectivity index (χ2n) is 6.18. The quantitative estimate of drug-likeness (QED) is 0.789. The second-order valence-corrected chi connectivity index (χ2v) is 7.44. The molecule has 1 aliphatic heterocycles. The van der Waals surface area contributed by atoms with E-state index >= 15 is 0 Å². The van der Waals surface area contributed by atoms with E-state index in [0.29, 0.717) is 19.6 Å². The number of carbonyl (C=O) groups is 2. The number of amides is 2. The van der Waals surface area contributed by atoms with Crippen molar-refractivity contribution in [3.63, 3.8) is 0 Å². The summed E-state index contributed by atoms with van der Waals surface area (Å²) in [6.07, 6.45) is 0.969. The molecule has 6 heteroatoms. The van der Waals surface area contributed by atoms with Crippen molar-refractivity contribution in [2.24, 2.45) is 0 Å². The van der Waals surface area contributed by atoms with Gasteiger partial charge >= 0.3 is 0 Å². The molecule has 0 bridgehead atoms. The molecule has 0 unspecified atom stereocenters. The smallest absolute Gasteiger partial charge is 0.264 e. The van der Waals surface area contributed by atoms with Gasteiger partial charge in [-0.2, -0.15) is 0 Å². The number of rotatable bonds is 6. The number of nitrogens with zero attached hydrogens (tertiary/aromatic N) is 3. The van der Waals surface area contributed by atoms with Crippen LogP contribution in [0.5, 0.6) is 0 Å². The van der Waals surface area contributed by atoms with Crippen molar-refractivity contribution in [2.75, 3.05) is 45.8 Å². The monoisotopic (exact) mass is 351 g/mol. The second kappa shape index (κ2) is 8.62. The van der Waals surface area contributed by atoms with E-state index in [-0.39, 0.29) is 11.8 Å². The molecule has 0 aliphatic carbocycles. The highest BCUT2D eigenvalue weighted by molar-refractivity contribution is 7.14. The molecule has 1 aromatic rings. The van der Waals surface area contributed by atoms with Gasteiger partial charge in [-0.15, -0.1) is 11.3 Å². The van der Waals surface area contributed by atoms with Crippen molar-refractivity contribution in [3.05, 3.63) is 21.4 Å². The fourth-order valence-corrected chi connectivity index (χ4v) is 4.19. The summed E-state index contributed by atoms with van der Waals surface area (Å²) >= 11 is 1.60. The summed E-state index contributed by atoms with van der Waals surface area (Å²) < 4.78 is 0. The Morgan fingerprint density at radius 2 is 1.75 bits per heavy atom. The third-order valence-electron chi connectivity index (χ3n) is 4.75. The Hall–Kier alpha value is -1.40. The van der Waals surface area contributed by atoms with Crippen molar-refractivity contribution < 1.29 is 9.59 Å². The fraction of sp³-hybridized carbons (Fsp3) is 0.667. The van der Waals surface area contributed by atoms with Gasteiger partial charge in [0.25, 0.3) is 5.91 Å². The molecule has 0 atom stereocenters. The number of thiophene rings is 1. The van der Waals surface area contributed by atoms with Crippen LogP contribution < -0.4 is 0 Å². The van der Waals surface area contributed by atoms with Gasteiger partial charge in [-0.3, -0.25) is 14.5 Å². The maximum Gasteiger partial charge on any atom is 0.264 e. The van der Waals surface area contributed by atoms with Gasteiger partial charge in [-0.1, -0.05) is 6.92 Å². The predicted octanol–water partition coefficient (Wildman–Crippen LogP) is 2.25. The summed E-state index contributed by atoms with van der Waals surface area (Å²) in [5, 5.41) is 0. The average Bonchev–Trinajstić information content (AvgIpc) is 2.97. The highest BCUT2D eigenvalue weighted by Crippen LogP contribution is 2.23. The van der Waals surface area contributed by atoms with Crippen LogP contribution in [0, 0.1) is 6.92 Å². The van der Waals surface area contributed by atoms with E-state index in [4.69, 9.17) is 0 Å². The minimum absolute atomic E-state index is 0.137. The van der Waals surface area contributed by atoms with Crippen LogP contribution in [0.25, 0.3) is 0 Å². The number of piperazine rings is 1. The van der Waals surface area contributed by atoms with Crippen LogP contribution in [0.4, 0.5) is 0 Å². The summed E-state index contributed by atoms with van der Waals surface area (Å²) in [7, 11) is 0. The van der Waals surface area contributed by atoms with Gasteiger partial charge in [0.1, 0.15) is 0 Å². The molecule has 0 N–H and O–H groups in total. The van der Waals surface area contributed by atoms with Crippen LogP contribution in [-0.2, 0) is 11.2 Å². The minimum atomic E-state index is 0.137. The van der Waals surface area contributed by atoms with Crippen molar-refractivity contribution in [3.8, 4) is 0 Å². The van der Waals surface area contributed by atoms with Gasteiger partial charge in [0.15, 0.2) is 0 Å². The molecule has 2 rings (SSSR count). The highest BCUT2D eigenvalue weighted by Gasteiger charge is 2.25. The number of hydrogen-bond donors (Lipinski definition) is 0. The van der Waals surface area contributed by atoms with Crippen LogP contribution in [-0.4, -0.2) is 72.3 Å². The van der Waals surface area contributed by atoms with Crippen LogP contribution in [0.15, 0.2) is 6.07 Å². The summed E-state index contributed by atoms with van der Waals surface area (Å²) in [5.74, 6) is 0.318. The Labute approximate surface area is 149 Å². The zero-order valence-corrected chi connectivity index (χ0v) is 16.1. The summed E-state index contributed by atoms with van der Waals surface area (Å²) in [6.45, 7) is 13.1. The lowest BCUT2D eigenvalue weighted by Crippen LogP contribution is -2.51. The summed E-state index contributed by atoms with van der Waals surface area (Å²) in [5.41, 5.74) is 1.27. The lowest BCUT2D eigenvalue weighted by atomic mass is 10.2. The Bertz CT molecular complexity index is 573. The molecule has 134 valence electrons. The molecule has 0 spiro atoms. The zero-order chi connectivity index (χ0) is 17.7. The first kappa shape index (κ1) is 18.9. The lowest BCUT2D eigenvalue weighted by molar-refractivity contribution is -0.132. The Kier molecular flexibility index (Phi) is 6.80. The Morgan fingerprint density at radius 1 is 1.12 bits per heavy atom. The lowest BCUT2D eigenvalue weighted by Gasteiger charge is -2.35. The van der Waals surface area contributed by atoms with E-state index in [2.05, 4.69) is 18.7 Å². The molecule has 0 saturated carbocycles. The first-order valence-corrected chi connectivity index (χ1v) is 9.70. The van der Waals surface area contributed by atoms with E-state index in [1.807, 2.05) is 29.7 Å². The number of likely N-dealkylation sites (N-methyl/N-ethyl adjacent to an activating group) is 1. The van der Waals surface area contributed by atoms with Crippen LogP contribution in [0.1, 0.15) is 40.9 Å². The summed E-state index contributed by atoms with van der Waals surface area (Å²) in [4.78, 5) is 32.9. The van der Waals surface area contributed by atoms with Crippen molar-refractivity contribution in [1.29, 1.82) is 0 Å². The minimum Gasteiger partial charge on any atom is -0.342 e. The van der Waals surface area contributed by atoms with Crippen LogP contribution in [0.2, 0.25) is 0 Å². The van der Waals surface area contributed by atoms with E-state index in [1.54, 1.807) is 11.3 Å². The third-order valence-corrected chi connectivity index (χ3v) is 5.83. The predicted molar refractivity (Wildman–Crippen MR) is 98.7 cm³/mol. The first-order valence-electron chi connectivity index (χ1n) is 8.88. The topological polar surface area (TPSA) is 43.9 Å². The van der Waals surface area contributed by atoms with E-state index in [1.165, 1.54) is 10.4 Å². The SMILES string of the molecule is CCc1cc(C(=O)N2CCN(CC(=O)N(CC)CC)CC2)sc1C. The van der Waals surface area contributed by atoms with E-state index < -0.39 is 0 Å². The standard InChI is InChI=1S/C18H29N3O2S/c1-5-15-12-16(24-14(15)4)18(23)21-10-8-19(9-11-21)13-17(22)20(6-2)7-3/h12H,5-11,13H2,1-4H3. The molecular formula is C18H29N3O2S. The Balaban J connectivity index is 1.87. The van der Waals surface area contributed by atoms with E-state index in [9.17, 15) is 9.59 Å². The molecule has 0 aromatic carbocycles. The number of carbonyl (C=O) groups excluding carboxylic acids is 2. The van der Waals surface area contributed by atoms with Crippen molar-refractivity contribution in [1.82, 2.24) is 14.7 Å². The molecule has 1 aromatic heterocycles. The highest BCUT2D eigenvalue weighted by atomic mass is 32.1. The van der Waals surface area contributed by atoms with Gasteiger partial charge in [-0.25, -0.2) is 0 Å². The van der Waals surface area contributed by atoms with Gasteiger partial charge in [0.2, 0.25) is 5.91 Å². The molecule has 5 nitrogen and oxygen atoms in total. The van der Waals surface area contributed by atoms with Gasteiger partial charge in [0, 0.05) is 44.1 Å². The van der Waals surface area contributed by atoms with Gasteiger partial charge in [-0.05, 0) is 38.8 Å². The molecule has 24 heavy (non-hydrogen) atoms. The Morgan fingerprint density at radius 3 is 2.25 bits per heavy atom. The third kappa shape index (κ3) is 4.36. The first-order chi connectivity index (χ1) is 11.5. The molecular weight excluding hydrogens is 322 g/mol. The normalized spacial score (nSPS) is 15.6. The van der Waals surface area contributed by atoms with Gasteiger partial charge in [0.05, 0.1) is 11.4 Å². The van der Waals surface area contributed by atoms with Crippen LogP contribution >= 0.6 is 11.3 Å². The molecule has 1 saturated heterocycles. The van der Waals surface area contributed by atoms with Gasteiger partial charge < -0.3 is 9.80 Å². The summed E-state index contributed by atoms with van der Waals surface area (Å²) in [6, 6.07) is 2.04. The van der Waals surface area contributed by atoms with Crippen molar-refractivity contribution in [2.45, 2.75) is 34.1 Å². The van der Waals surface area contributed by atoms with Crippen molar-refractivity contribution >= 4 is 23.2 Å². The molecule has 2 heterocycles.